The first-order valence-corrected chi connectivity index (χ1v) is 9.93. The predicted molar refractivity (Wildman–Crippen MR) is 119 cm³/mol. The summed E-state index contributed by atoms with van der Waals surface area (Å²) in [5, 5.41) is 8.43. The van der Waals surface area contributed by atoms with Gasteiger partial charge in [-0.3, -0.25) is 9.59 Å². The van der Waals surface area contributed by atoms with E-state index in [1.807, 2.05) is 66.7 Å². The van der Waals surface area contributed by atoms with E-state index >= 15 is 0 Å². The summed E-state index contributed by atoms with van der Waals surface area (Å²) in [5.74, 6) is 0.291. The average Bonchev–Trinajstić information content (AvgIpc) is 3.24. The molecule has 0 unspecified atom stereocenters. The Hall–Kier alpha value is -4.26. The van der Waals surface area contributed by atoms with Crippen molar-refractivity contribution in [3.8, 4) is 0 Å². The molecule has 5 rings (SSSR count). The van der Waals surface area contributed by atoms with Gasteiger partial charge in [-0.05, 0) is 23.8 Å². The van der Waals surface area contributed by atoms with E-state index in [4.69, 9.17) is 0 Å². The molecular weight excluding hydrogens is 390 g/mol. The Balaban J connectivity index is 1.46. The minimum Gasteiger partial charge on any atom is -0.340 e. The van der Waals surface area contributed by atoms with Gasteiger partial charge < -0.3 is 10.3 Å². The number of hydrogen-bond acceptors (Lipinski definition) is 4. The van der Waals surface area contributed by atoms with Gasteiger partial charge in [-0.1, -0.05) is 60.7 Å². The lowest BCUT2D eigenvalue weighted by atomic mass is 10.1. The minimum atomic E-state index is -0.489. The normalized spacial score (nSPS) is 12.1. The van der Waals surface area contributed by atoms with Crippen LogP contribution in [-0.2, 0) is 11.3 Å². The number of carbonyl (C=O) groups is 1. The van der Waals surface area contributed by atoms with E-state index in [0.717, 1.165) is 22.0 Å². The van der Waals surface area contributed by atoms with Gasteiger partial charge in [0.1, 0.15) is 18.4 Å². The molecule has 152 valence electrons. The van der Waals surface area contributed by atoms with Gasteiger partial charge >= 0.3 is 0 Å². The highest BCUT2D eigenvalue weighted by Gasteiger charge is 2.21. The topological polar surface area (TPSA) is 92.7 Å². The van der Waals surface area contributed by atoms with Crippen molar-refractivity contribution in [3.05, 3.63) is 107 Å². The van der Waals surface area contributed by atoms with Crippen LogP contribution in [0.3, 0.4) is 0 Å². The van der Waals surface area contributed by atoms with E-state index in [1.54, 1.807) is 18.3 Å². The summed E-state index contributed by atoms with van der Waals surface area (Å²) < 4.78 is 1.18. The SMILES string of the molecule is O=C(Cn1ncc2ccccc2c1=O)N[C@@H](c1ccccc1)c1nc2ccccc2[nH]1. The lowest BCUT2D eigenvalue weighted by molar-refractivity contribution is -0.122. The molecule has 0 saturated carbocycles. The Bertz CT molecular complexity index is 1410. The Morgan fingerprint density at radius 1 is 0.968 bits per heavy atom. The van der Waals surface area contributed by atoms with Crippen molar-refractivity contribution in [2.24, 2.45) is 0 Å². The van der Waals surface area contributed by atoms with Gasteiger partial charge in [0.15, 0.2) is 0 Å². The van der Waals surface area contributed by atoms with Crippen molar-refractivity contribution in [1.82, 2.24) is 25.1 Å². The smallest absolute Gasteiger partial charge is 0.275 e. The molecule has 0 aliphatic carbocycles. The van der Waals surface area contributed by atoms with Crippen LogP contribution < -0.4 is 10.9 Å². The number of benzene rings is 3. The van der Waals surface area contributed by atoms with Crippen LogP contribution in [0.4, 0.5) is 0 Å². The Morgan fingerprint density at radius 3 is 2.55 bits per heavy atom. The van der Waals surface area contributed by atoms with Crippen LogP contribution in [0.1, 0.15) is 17.4 Å². The maximum Gasteiger partial charge on any atom is 0.275 e. The fourth-order valence-corrected chi connectivity index (χ4v) is 3.65. The molecule has 1 amide bonds. The number of carbonyl (C=O) groups excluding carboxylic acids is 1. The Labute approximate surface area is 177 Å². The molecule has 0 radical (unpaired) electrons. The number of imidazole rings is 1. The van der Waals surface area contributed by atoms with E-state index in [9.17, 15) is 9.59 Å². The fourth-order valence-electron chi connectivity index (χ4n) is 3.65. The Morgan fingerprint density at radius 2 is 1.71 bits per heavy atom. The van der Waals surface area contributed by atoms with Crippen LogP contribution in [0.25, 0.3) is 21.8 Å². The molecule has 0 aliphatic heterocycles. The number of hydrogen-bond donors (Lipinski definition) is 2. The van der Waals surface area contributed by atoms with Gasteiger partial charge in [0.05, 0.1) is 22.6 Å². The number of aromatic amines is 1. The first-order valence-electron chi connectivity index (χ1n) is 9.93. The van der Waals surface area contributed by atoms with Crippen molar-refractivity contribution >= 4 is 27.7 Å². The van der Waals surface area contributed by atoms with E-state index < -0.39 is 6.04 Å². The second-order valence-corrected chi connectivity index (χ2v) is 7.25. The van der Waals surface area contributed by atoms with Gasteiger partial charge in [-0.2, -0.15) is 5.10 Å². The van der Waals surface area contributed by atoms with E-state index in [-0.39, 0.29) is 18.0 Å². The zero-order chi connectivity index (χ0) is 21.2. The number of rotatable bonds is 5. The van der Waals surface area contributed by atoms with E-state index in [0.29, 0.717) is 11.2 Å². The van der Waals surface area contributed by atoms with Crippen LogP contribution in [0.15, 0.2) is 89.9 Å². The van der Waals surface area contributed by atoms with Crippen molar-refractivity contribution < 1.29 is 4.79 Å². The van der Waals surface area contributed by atoms with Crippen LogP contribution in [-0.4, -0.2) is 25.7 Å². The van der Waals surface area contributed by atoms with E-state index in [1.165, 1.54) is 4.68 Å². The summed E-state index contributed by atoms with van der Waals surface area (Å²) >= 11 is 0. The van der Waals surface area contributed by atoms with E-state index in [2.05, 4.69) is 20.4 Å². The van der Waals surface area contributed by atoms with Gasteiger partial charge in [-0.15, -0.1) is 0 Å². The third kappa shape index (κ3) is 3.69. The highest BCUT2D eigenvalue weighted by molar-refractivity contribution is 5.81. The molecule has 0 spiro atoms. The Kier molecular flexibility index (Phi) is 4.76. The van der Waals surface area contributed by atoms with Gasteiger partial charge in [0, 0.05) is 5.39 Å². The number of amides is 1. The molecule has 5 aromatic rings. The lowest BCUT2D eigenvalue weighted by Gasteiger charge is -2.17. The first-order chi connectivity index (χ1) is 15.2. The number of H-pyrrole nitrogens is 1. The molecule has 1 atom stereocenters. The number of nitrogens with zero attached hydrogens (tertiary/aromatic N) is 3. The molecule has 7 nitrogen and oxygen atoms in total. The molecule has 0 saturated heterocycles. The number of aromatic nitrogens is 4. The second-order valence-electron chi connectivity index (χ2n) is 7.25. The molecule has 31 heavy (non-hydrogen) atoms. The van der Waals surface area contributed by atoms with Crippen LogP contribution >= 0.6 is 0 Å². The zero-order valence-electron chi connectivity index (χ0n) is 16.5. The standard InChI is InChI=1S/C24H19N5O2/c30-21(15-29-24(31)18-11-5-4-10-17(18)14-25-29)28-22(16-8-2-1-3-9-16)23-26-19-12-6-7-13-20(19)27-23/h1-14,22H,15H2,(H,26,27)(H,28,30)/t22-/m0/s1. The van der Waals surface area contributed by atoms with Gasteiger partial charge in [0.25, 0.3) is 5.56 Å². The molecule has 2 N–H and O–H groups in total. The molecule has 0 fully saturated rings. The molecular formula is C24H19N5O2. The molecule has 0 bridgehead atoms. The average molecular weight is 409 g/mol. The highest BCUT2D eigenvalue weighted by Crippen LogP contribution is 2.22. The van der Waals surface area contributed by atoms with Crippen LogP contribution in [0, 0.1) is 0 Å². The quantitative estimate of drug-likeness (QED) is 0.466. The van der Waals surface area contributed by atoms with Crippen molar-refractivity contribution in [2.45, 2.75) is 12.6 Å². The van der Waals surface area contributed by atoms with Gasteiger partial charge in [0.2, 0.25) is 5.91 Å². The number of para-hydroxylation sites is 2. The first kappa shape index (κ1) is 18.7. The van der Waals surface area contributed by atoms with Gasteiger partial charge in [-0.25, -0.2) is 9.67 Å². The molecule has 7 heteroatoms. The molecule has 3 aromatic carbocycles. The third-order valence-corrected chi connectivity index (χ3v) is 5.17. The molecule has 2 aromatic heterocycles. The molecule has 0 aliphatic rings. The third-order valence-electron chi connectivity index (χ3n) is 5.17. The monoisotopic (exact) mass is 409 g/mol. The number of nitrogens with one attached hydrogen (secondary N) is 2. The predicted octanol–water partition coefficient (Wildman–Crippen LogP) is 3.18. The second kappa shape index (κ2) is 7.87. The maximum atomic E-state index is 12.9. The summed E-state index contributed by atoms with van der Waals surface area (Å²) in [5.41, 5.74) is 2.29. The summed E-state index contributed by atoms with van der Waals surface area (Å²) in [6.45, 7) is -0.187. The fraction of sp³-hybridized carbons (Fsp3) is 0.0833. The molecule has 2 heterocycles. The van der Waals surface area contributed by atoms with Crippen molar-refractivity contribution in [3.63, 3.8) is 0 Å². The van der Waals surface area contributed by atoms with Crippen molar-refractivity contribution in [1.29, 1.82) is 0 Å². The van der Waals surface area contributed by atoms with Crippen LogP contribution in [0.2, 0.25) is 0 Å². The minimum absolute atomic E-state index is 0.187. The maximum absolute atomic E-state index is 12.9. The number of fused-ring (bicyclic) bond motifs is 2. The summed E-state index contributed by atoms with van der Waals surface area (Å²) in [7, 11) is 0. The summed E-state index contributed by atoms with van der Waals surface area (Å²) in [6.07, 6.45) is 1.60. The van der Waals surface area contributed by atoms with Crippen molar-refractivity contribution in [2.75, 3.05) is 0 Å². The summed E-state index contributed by atoms with van der Waals surface area (Å²) in [4.78, 5) is 33.6. The lowest BCUT2D eigenvalue weighted by Crippen LogP contribution is -2.36. The highest BCUT2D eigenvalue weighted by atomic mass is 16.2. The van der Waals surface area contributed by atoms with Crippen LogP contribution in [0.5, 0.6) is 0 Å². The largest absolute Gasteiger partial charge is 0.340 e. The summed E-state index contributed by atoms with van der Waals surface area (Å²) in [6, 6.07) is 24.0. The zero-order valence-corrected chi connectivity index (χ0v) is 16.5.